The first kappa shape index (κ1) is 20.8. The lowest BCUT2D eigenvalue weighted by Gasteiger charge is -2.37. The maximum absolute atomic E-state index is 12.9. The second kappa shape index (κ2) is 10.0. The molecule has 1 heterocycles. The first-order chi connectivity index (χ1) is 13.5. The molecule has 1 unspecified atom stereocenters. The van der Waals surface area contributed by atoms with Crippen LogP contribution in [0.5, 0.6) is 0 Å². The van der Waals surface area contributed by atoms with Gasteiger partial charge in [0.2, 0.25) is 5.91 Å². The number of nitrogens with one attached hydrogen (secondary N) is 1. The molecule has 2 aromatic carbocycles. The molecule has 3 rings (SSSR count). The van der Waals surface area contributed by atoms with Crippen molar-refractivity contribution in [2.24, 2.45) is 0 Å². The van der Waals surface area contributed by atoms with Crippen molar-refractivity contribution < 1.29 is 9.18 Å². The van der Waals surface area contributed by atoms with Gasteiger partial charge in [-0.25, -0.2) is 4.39 Å². The van der Waals surface area contributed by atoms with Gasteiger partial charge in [-0.1, -0.05) is 35.9 Å². The molecule has 1 saturated heterocycles. The van der Waals surface area contributed by atoms with Crippen molar-refractivity contribution in [3.63, 3.8) is 0 Å². The van der Waals surface area contributed by atoms with Crippen LogP contribution >= 0.6 is 11.6 Å². The smallest absolute Gasteiger partial charge is 0.237 e. The van der Waals surface area contributed by atoms with Crippen molar-refractivity contribution in [3.8, 4) is 0 Å². The molecule has 150 valence electrons. The third kappa shape index (κ3) is 6.03. The summed E-state index contributed by atoms with van der Waals surface area (Å²) < 4.78 is 12.9. The minimum atomic E-state index is -0.239. The summed E-state index contributed by atoms with van der Waals surface area (Å²) in [7, 11) is 0. The van der Waals surface area contributed by atoms with E-state index in [1.165, 1.54) is 17.7 Å². The van der Waals surface area contributed by atoms with Gasteiger partial charge in [-0.05, 0) is 48.7 Å². The van der Waals surface area contributed by atoms with Gasteiger partial charge < -0.3 is 5.32 Å². The fraction of sp³-hybridized carbons (Fsp3) is 0.409. The SMILES string of the molecule is CC(C(=O)NCCc1ccc(F)cc1)N1CCN(Cc2ccc(Cl)cc2)CC1. The molecule has 1 aliphatic heterocycles. The van der Waals surface area contributed by atoms with Gasteiger partial charge in [0.1, 0.15) is 5.82 Å². The quantitative estimate of drug-likeness (QED) is 0.770. The summed E-state index contributed by atoms with van der Waals surface area (Å²) in [6.45, 7) is 7.06. The van der Waals surface area contributed by atoms with E-state index in [9.17, 15) is 9.18 Å². The molecule has 0 saturated carbocycles. The molecular formula is C22H27ClFN3O. The van der Waals surface area contributed by atoms with Crippen LogP contribution in [0.15, 0.2) is 48.5 Å². The molecule has 1 N–H and O–H groups in total. The molecular weight excluding hydrogens is 377 g/mol. The molecule has 1 fully saturated rings. The maximum atomic E-state index is 12.9. The van der Waals surface area contributed by atoms with Gasteiger partial charge in [-0.15, -0.1) is 0 Å². The van der Waals surface area contributed by atoms with E-state index in [0.717, 1.165) is 43.3 Å². The molecule has 1 aliphatic rings. The zero-order chi connectivity index (χ0) is 19.9. The number of hydrogen-bond donors (Lipinski definition) is 1. The fourth-order valence-corrected chi connectivity index (χ4v) is 3.58. The number of carbonyl (C=O) groups is 1. The Balaban J connectivity index is 1.38. The number of hydrogen-bond acceptors (Lipinski definition) is 3. The van der Waals surface area contributed by atoms with Crippen LogP contribution in [0.25, 0.3) is 0 Å². The normalized spacial score (nSPS) is 16.7. The second-order valence-corrected chi connectivity index (χ2v) is 7.72. The van der Waals surface area contributed by atoms with Crippen LogP contribution in [0.3, 0.4) is 0 Å². The van der Waals surface area contributed by atoms with E-state index in [1.54, 1.807) is 12.1 Å². The summed E-state index contributed by atoms with van der Waals surface area (Å²) in [5.41, 5.74) is 2.27. The molecule has 2 aromatic rings. The predicted octanol–water partition coefficient (Wildman–Crippen LogP) is 3.34. The number of halogens is 2. The molecule has 1 amide bonds. The Morgan fingerprint density at radius 2 is 1.64 bits per heavy atom. The number of rotatable bonds is 7. The largest absolute Gasteiger partial charge is 0.354 e. The number of benzene rings is 2. The van der Waals surface area contributed by atoms with Gasteiger partial charge in [0.25, 0.3) is 0 Å². The van der Waals surface area contributed by atoms with Crippen LogP contribution in [-0.2, 0) is 17.8 Å². The predicted molar refractivity (Wildman–Crippen MR) is 111 cm³/mol. The minimum Gasteiger partial charge on any atom is -0.354 e. The Hall–Kier alpha value is -1.95. The zero-order valence-electron chi connectivity index (χ0n) is 16.2. The first-order valence-electron chi connectivity index (χ1n) is 9.74. The number of amides is 1. The molecule has 0 aliphatic carbocycles. The van der Waals surface area contributed by atoms with Crippen LogP contribution in [0.4, 0.5) is 4.39 Å². The summed E-state index contributed by atoms with van der Waals surface area (Å²) in [5.74, 6) is -0.190. The van der Waals surface area contributed by atoms with E-state index in [4.69, 9.17) is 11.6 Å². The Morgan fingerprint density at radius 1 is 1.04 bits per heavy atom. The highest BCUT2D eigenvalue weighted by Crippen LogP contribution is 2.14. The number of carbonyl (C=O) groups excluding carboxylic acids is 1. The topological polar surface area (TPSA) is 35.6 Å². The van der Waals surface area contributed by atoms with Crippen LogP contribution in [0.1, 0.15) is 18.1 Å². The Labute approximate surface area is 171 Å². The number of piperazine rings is 1. The third-order valence-electron chi connectivity index (χ3n) is 5.28. The Bertz CT molecular complexity index is 758. The second-order valence-electron chi connectivity index (χ2n) is 7.28. The molecule has 1 atom stereocenters. The van der Waals surface area contributed by atoms with E-state index in [-0.39, 0.29) is 17.8 Å². The van der Waals surface area contributed by atoms with Crippen LogP contribution in [0, 0.1) is 5.82 Å². The lowest BCUT2D eigenvalue weighted by molar-refractivity contribution is -0.126. The molecule has 28 heavy (non-hydrogen) atoms. The Kier molecular flexibility index (Phi) is 7.43. The van der Waals surface area contributed by atoms with Crippen molar-refractivity contribution in [1.82, 2.24) is 15.1 Å². The highest BCUT2D eigenvalue weighted by atomic mass is 35.5. The van der Waals surface area contributed by atoms with Crippen LogP contribution in [-0.4, -0.2) is 54.5 Å². The highest BCUT2D eigenvalue weighted by molar-refractivity contribution is 6.30. The average Bonchev–Trinajstić information content (AvgIpc) is 2.71. The molecule has 0 radical (unpaired) electrons. The van der Waals surface area contributed by atoms with Crippen LogP contribution < -0.4 is 5.32 Å². The van der Waals surface area contributed by atoms with E-state index < -0.39 is 0 Å². The summed E-state index contributed by atoms with van der Waals surface area (Å²) in [5, 5.41) is 3.76. The fourth-order valence-electron chi connectivity index (χ4n) is 3.45. The van der Waals surface area contributed by atoms with Crippen molar-refractivity contribution >= 4 is 17.5 Å². The third-order valence-corrected chi connectivity index (χ3v) is 5.53. The van der Waals surface area contributed by atoms with Gasteiger partial charge in [0, 0.05) is 44.3 Å². The number of nitrogens with zero attached hydrogens (tertiary/aromatic N) is 2. The monoisotopic (exact) mass is 403 g/mol. The van der Waals surface area contributed by atoms with Crippen molar-refractivity contribution in [2.75, 3.05) is 32.7 Å². The van der Waals surface area contributed by atoms with Gasteiger partial charge >= 0.3 is 0 Å². The van der Waals surface area contributed by atoms with Crippen molar-refractivity contribution in [2.45, 2.75) is 25.9 Å². The summed E-state index contributed by atoms with van der Waals surface area (Å²) >= 11 is 5.94. The van der Waals surface area contributed by atoms with E-state index in [1.807, 2.05) is 19.1 Å². The lowest BCUT2D eigenvalue weighted by Crippen LogP contribution is -2.53. The van der Waals surface area contributed by atoms with Gasteiger partial charge in [-0.3, -0.25) is 14.6 Å². The van der Waals surface area contributed by atoms with Gasteiger partial charge in [-0.2, -0.15) is 0 Å². The molecule has 0 aromatic heterocycles. The molecule has 4 nitrogen and oxygen atoms in total. The van der Waals surface area contributed by atoms with Crippen molar-refractivity contribution in [1.29, 1.82) is 0 Å². The van der Waals surface area contributed by atoms with E-state index in [0.29, 0.717) is 13.0 Å². The maximum Gasteiger partial charge on any atom is 0.237 e. The molecule has 6 heteroatoms. The minimum absolute atomic E-state index is 0.0493. The summed E-state index contributed by atoms with van der Waals surface area (Å²) in [4.78, 5) is 17.1. The highest BCUT2D eigenvalue weighted by Gasteiger charge is 2.25. The van der Waals surface area contributed by atoms with Gasteiger partial charge in [0.15, 0.2) is 0 Å². The average molecular weight is 404 g/mol. The molecule has 0 spiro atoms. The Morgan fingerprint density at radius 3 is 2.29 bits per heavy atom. The van der Waals surface area contributed by atoms with E-state index >= 15 is 0 Å². The van der Waals surface area contributed by atoms with Crippen LogP contribution in [0.2, 0.25) is 5.02 Å². The molecule has 0 bridgehead atoms. The van der Waals surface area contributed by atoms with E-state index in [2.05, 4.69) is 27.2 Å². The summed E-state index contributed by atoms with van der Waals surface area (Å²) in [6.07, 6.45) is 0.702. The lowest BCUT2D eigenvalue weighted by atomic mass is 10.1. The standard InChI is InChI=1S/C22H27ClFN3O/c1-17(22(28)25-11-10-18-4-8-21(24)9-5-18)27-14-12-26(13-15-27)16-19-2-6-20(23)7-3-19/h2-9,17H,10-16H2,1H3,(H,25,28). The van der Waals surface area contributed by atoms with Crippen molar-refractivity contribution in [3.05, 3.63) is 70.5 Å². The zero-order valence-corrected chi connectivity index (χ0v) is 17.0. The van der Waals surface area contributed by atoms with Gasteiger partial charge in [0.05, 0.1) is 6.04 Å². The first-order valence-corrected chi connectivity index (χ1v) is 10.1. The summed E-state index contributed by atoms with van der Waals surface area (Å²) in [6, 6.07) is 14.2.